The fourth-order valence-corrected chi connectivity index (χ4v) is 3.57. The molecule has 1 fully saturated rings. The molecule has 3 rings (SSSR count). The van der Waals surface area contributed by atoms with E-state index in [9.17, 15) is 0 Å². The number of likely N-dealkylation sites (tertiary alicyclic amines) is 1. The lowest BCUT2D eigenvalue weighted by Gasteiger charge is -2.16. The van der Waals surface area contributed by atoms with Gasteiger partial charge in [0.15, 0.2) is 10.3 Å². The highest BCUT2D eigenvalue weighted by Gasteiger charge is 2.23. The number of nitriles is 1. The van der Waals surface area contributed by atoms with Gasteiger partial charge in [0.1, 0.15) is 10.9 Å². The van der Waals surface area contributed by atoms with Gasteiger partial charge in [0.05, 0.1) is 0 Å². The van der Waals surface area contributed by atoms with Gasteiger partial charge >= 0.3 is 0 Å². The van der Waals surface area contributed by atoms with Crippen molar-refractivity contribution in [2.45, 2.75) is 19.0 Å². The van der Waals surface area contributed by atoms with E-state index in [2.05, 4.69) is 45.5 Å². The van der Waals surface area contributed by atoms with Crippen molar-refractivity contribution in [2.24, 2.45) is 0 Å². The largest absolute Gasteiger partial charge is 0.357 e. The first-order valence-electron chi connectivity index (χ1n) is 6.84. The number of rotatable bonds is 4. The van der Waals surface area contributed by atoms with Gasteiger partial charge in [0.2, 0.25) is 0 Å². The van der Waals surface area contributed by atoms with Crippen molar-refractivity contribution in [1.82, 2.24) is 9.88 Å². The lowest BCUT2D eigenvalue weighted by Crippen LogP contribution is -2.25. The van der Waals surface area contributed by atoms with Gasteiger partial charge in [-0.2, -0.15) is 5.26 Å². The summed E-state index contributed by atoms with van der Waals surface area (Å²) in [5, 5.41) is 13.3. The highest BCUT2D eigenvalue weighted by atomic mass is 35.5. The first-order chi connectivity index (χ1) is 10.2. The predicted molar refractivity (Wildman–Crippen MR) is 85.6 cm³/mol. The Bertz CT molecular complexity index is 649. The van der Waals surface area contributed by atoms with E-state index in [-0.39, 0.29) is 0 Å². The molecule has 2 aromatic rings. The van der Waals surface area contributed by atoms with Gasteiger partial charge in [-0.15, -0.1) is 0 Å². The minimum atomic E-state index is 0.295. The average Bonchev–Trinajstić information content (AvgIpc) is 3.07. The molecule has 2 heterocycles. The van der Waals surface area contributed by atoms with Crippen molar-refractivity contribution in [3.8, 4) is 6.07 Å². The molecule has 0 spiro atoms. The molecule has 1 N–H and O–H groups in total. The van der Waals surface area contributed by atoms with Crippen LogP contribution in [0.25, 0.3) is 0 Å². The fraction of sp³-hybridized carbons (Fsp3) is 0.333. The zero-order chi connectivity index (χ0) is 14.7. The van der Waals surface area contributed by atoms with E-state index in [1.54, 1.807) is 0 Å². The van der Waals surface area contributed by atoms with Crippen molar-refractivity contribution < 1.29 is 0 Å². The highest BCUT2D eigenvalue weighted by Crippen LogP contribution is 2.27. The molecule has 1 atom stereocenters. The molecule has 21 heavy (non-hydrogen) atoms. The second-order valence-corrected chi connectivity index (χ2v) is 6.46. The Labute approximate surface area is 133 Å². The number of nitrogens with zero attached hydrogens (tertiary/aromatic N) is 3. The number of halogens is 1. The summed E-state index contributed by atoms with van der Waals surface area (Å²) >= 11 is 7.21. The lowest BCUT2D eigenvalue weighted by molar-refractivity contribution is 0.328. The Morgan fingerprint density at radius 2 is 2.24 bits per heavy atom. The van der Waals surface area contributed by atoms with Gasteiger partial charge in [-0.25, -0.2) is 4.98 Å². The molecule has 0 aliphatic carbocycles. The SMILES string of the molecule is N#Cc1sc(NC2CCN(Cc3ccccc3)C2)nc1Cl. The van der Waals surface area contributed by atoms with Gasteiger partial charge in [0, 0.05) is 25.7 Å². The molecule has 1 aromatic carbocycles. The molecular weight excluding hydrogens is 304 g/mol. The minimum Gasteiger partial charge on any atom is -0.357 e. The molecule has 1 aliphatic heterocycles. The second-order valence-electron chi connectivity index (χ2n) is 5.10. The van der Waals surface area contributed by atoms with Crippen molar-refractivity contribution in [3.05, 3.63) is 45.9 Å². The van der Waals surface area contributed by atoms with E-state index >= 15 is 0 Å². The van der Waals surface area contributed by atoms with Gasteiger partial charge in [-0.05, 0) is 12.0 Å². The number of anilines is 1. The van der Waals surface area contributed by atoms with E-state index in [0.717, 1.165) is 31.2 Å². The van der Waals surface area contributed by atoms with Crippen molar-refractivity contribution >= 4 is 28.1 Å². The van der Waals surface area contributed by atoms with Crippen LogP contribution in [-0.4, -0.2) is 29.0 Å². The minimum absolute atomic E-state index is 0.295. The van der Waals surface area contributed by atoms with Crippen LogP contribution in [0.5, 0.6) is 0 Å². The summed E-state index contributed by atoms with van der Waals surface area (Å²) < 4.78 is 0. The number of aromatic nitrogens is 1. The van der Waals surface area contributed by atoms with Crippen LogP contribution < -0.4 is 5.32 Å². The van der Waals surface area contributed by atoms with E-state index in [1.807, 2.05) is 6.07 Å². The molecule has 1 saturated heterocycles. The van der Waals surface area contributed by atoms with Gasteiger partial charge in [0.25, 0.3) is 0 Å². The normalized spacial score (nSPS) is 18.6. The van der Waals surface area contributed by atoms with Crippen LogP contribution in [0, 0.1) is 11.3 Å². The summed E-state index contributed by atoms with van der Waals surface area (Å²) in [4.78, 5) is 7.08. The first-order valence-corrected chi connectivity index (χ1v) is 8.03. The highest BCUT2D eigenvalue weighted by molar-refractivity contribution is 7.16. The monoisotopic (exact) mass is 318 g/mol. The number of nitrogens with one attached hydrogen (secondary N) is 1. The molecular formula is C15H15ClN4S. The molecule has 0 amide bonds. The van der Waals surface area contributed by atoms with Gasteiger partial charge in [-0.3, -0.25) is 4.90 Å². The molecule has 1 aromatic heterocycles. The number of thiazole rings is 1. The first kappa shape index (κ1) is 14.3. The van der Waals surface area contributed by atoms with E-state index in [0.29, 0.717) is 16.1 Å². The number of hydrogen-bond donors (Lipinski definition) is 1. The molecule has 1 unspecified atom stereocenters. The van der Waals surface area contributed by atoms with Gasteiger partial charge < -0.3 is 5.32 Å². The fourth-order valence-electron chi connectivity index (χ4n) is 2.54. The molecule has 6 heteroatoms. The molecule has 108 valence electrons. The molecule has 0 saturated carbocycles. The predicted octanol–water partition coefficient (Wildman–Crippen LogP) is 3.35. The van der Waals surface area contributed by atoms with Crippen molar-refractivity contribution in [3.63, 3.8) is 0 Å². The third-order valence-corrected chi connectivity index (χ3v) is 4.81. The van der Waals surface area contributed by atoms with Gasteiger partial charge in [-0.1, -0.05) is 53.3 Å². The topological polar surface area (TPSA) is 52.0 Å². The van der Waals surface area contributed by atoms with E-state index in [4.69, 9.17) is 16.9 Å². The van der Waals surface area contributed by atoms with Crippen LogP contribution in [0.1, 0.15) is 16.9 Å². The summed E-state index contributed by atoms with van der Waals surface area (Å²) in [5.74, 6) is 0. The quantitative estimate of drug-likeness (QED) is 0.939. The zero-order valence-corrected chi connectivity index (χ0v) is 13.0. The standard InChI is InChI=1S/C15H15ClN4S/c16-14-13(8-17)21-15(19-14)18-12-6-7-20(10-12)9-11-4-2-1-3-5-11/h1-5,12H,6-7,9-10H2,(H,18,19). The molecule has 4 nitrogen and oxygen atoms in total. The second kappa shape index (κ2) is 6.44. The van der Waals surface area contributed by atoms with Crippen LogP contribution >= 0.6 is 22.9 Å². The molecule has 0 bridgehead atoms. The summed E-state index contributed by atoms with van der Waals surface area (Å²) in [6.07, 6.45) is 1.08. The average molecular weight is 319 g/mol. The van der Waals surface area contributed by atoms with E-state index in [1.165, 1.54) is 16.9 Å². The van der Waals surface area contributed by atoms with Crippen LogP contribution in [0.3, 0.4) is 0 Å². The lowest BCUT2D eigenvalue weighted by atomic mass is 10.2. The van der Waals surface area contributed by atoms with Crippen molar-refractivity contribution in [2.75, 3.05) is 18.4 Å². The summed E-state index contributed by atoms with van der Waals surface area (Å²) in [7, 11) is 0. The van der Waals surface area contributed by atoms with Crippen LogP contribution in [0.2, 0.25) is 5.15 Å². The maximum atomic E-state index is 8.90. The zero-order valence-electron chi connectivity index (χ0n) is 11.4. The maximum absolute atomic E-state index is 8.90. The summed E-state index contributed by atoms with van der Waals surface area (Å²) in [6, 6.07) is 12.9. The molecule has 0 radical (unpaired) electrons. The van der Waals surface area contributed by atoms with Crippen LogP contribution in [0.15, 0.2) is 30.3 Å². The van der Waals surface area contributed by atoms with E-state index < -0.39 is 0 Å². The third kappa shape index (κ3) is 3.53. The third-order valence-electron chi connectivity index (χ3n) is 3.54. The Morgan fingerprint density at radius 3 is 2.95 bits per heavy atom. The smallest absolute Gasteiger partial charge is 0.185 e. The van der Waals surface area contributed by atoms with Crippen LogP contribution in [-0.2, 0) is 6.54 Å². The Kier molecular flexibility index (Phi) is 4.39. The van der Waals surface area contributed by atoms with Crippen LogP contribution in [0.4, 0.5) is 5.13 Å². The maximum Gasteiger partial charge on any atom is 0.185 e. The number of hydrogen-bond acceptors (Lipinski definition) is 5. The summed E-state index contributed by atoms with van der Waals surface area (Å²) in [6.45, 7) is 3.02. The summed E-state index contributed by atoms with van der Waals surface area (Å²) in [5.41, 5.74) is 1.34. The Hall–Kier alpha value is -1.61. The Morgan fingerprint density at radius 1 is 1.43 bits per heavy atom. The molecule has 1 aliphatic rings. The number of benzene rings is 1. The van der Waals surface area contributed by atoms with Crippen molar-refractivity contribution in [1.29, 1.82) is 5.26 Å². The Balaban J connectivity index is 1.56.